The highest BCUT2D eigenvalue weighted by molar-refractivity contribution is 5.93. The number of anilines is 1. The first-order valence-corrected chi connectivity index (χ1v) is 16.9. The van der Waals surface area contributed by atoms with Gasteiger partial charge in [0, 0.05) is 56.0 Å². The predicted octanol–water partition coefficient (Wildman–Crippen LogP) is 4.28. The summed E-state index contributed by atoms with van der Waals surface area (Å²) in [6, 6.07) is 14.9. The number of rotatable bonds is 14. The second-order valence-corrected chi connectivity index (χ2v) is 12.8. The number of halogens is 5. The number of amides is 1. The predicted molar refractivity (Wildman–Crippen MR) is 187 cm³/mol. The molecular weight excluding hydrogens is 703 g/mol. The summed E-state index contributed by atoms with van der Waals surface area (Å²) in [5.74, 6) is -3.81. The minimum absolute atomic E-state index is 0.0342. The van der Waals surface area contributed by atoms with Crippen LogP contribution in [0.5, 0.6) is 0 Å². The van der Waals surface area contributed by atoms with E-state index in [1.54, 1.807) is 35.2 Å². The van der Waals surface area contributed by atoms with Crippen molar-refractivity contribution < 1.29 is 36.6 Å². The molecule has 0 spiro atoms. The minimum Gasteiger partial charge on any atom is -0.481 e. The number of primary amides is 1. The van der Waals surface area contributed by atoms with Crippen LogP contribution in [0.15, 0.2) is 76.3 Å². The van der Waals surface area contributed by atoms with E-state index in [-0.39, 0.29) is 68.1 Å². The van der Waals surface area contributed by atoms with Gasteiger partial charge in [0.1, 0.15) is 17.3 Å². The number of hydrogen-bond donors (Lipinski definition) is 3. The molecule has 282 valence electrons. The topological polar surface area (TPSA) is 143 Å². The Morgan fingerprint density at radius 3 is 2.23 bits per heavy atom. The fraction of sp³-hybridized carbons (Fsp3) is 0.351. The smallest absolute Gasteiger partial charge is 0.416 e. The molecule has 0 unspecified atom stereocenters. The lowest BCUT2D eigenvalue weighted by atomic mass is 10.1. The summed E-state index contributed by atoms with van der Waals surface area (Å²) in [6.07, 6.45) is -4.82. The quantitative estimate of drug-likeness (QED) is 0.129. The van der Waals surface area contributed by atoms with Crippen molar-refractivity contribution in [2.24, 2.45) is 5.73 Å². The maximum Gasteiger partial charge on any atom is 0.416 e. The molecule has 0 aliphatic carbocycles. The lowest BCUT2D eigenvalue weighted by Gasteiger charge is -2.37. The second kappa shape index (κ2) is 16.5. The van der Waals surface area contributed by atoms with Crippen LogP contribution in [-0.4, -0.2) is 63.7 Å². The number of hydrogen-bond acceptors (Lipinski definition) is 7. The second-order valence-electron chi connectivity index (χ2n) is 12.8. The SMILES string of the molecule is Cc1c(N2CCN(Cc3cccc(C(N)=O)c3F)CC2)c(=O)n(C[C@H](NCCCC(=O)O)c2ccccc2)c(=O)n1Cc1c(F)cccc1C(F)(F)F. The van der Waals surface area contributed by atoms with E-state index in [2.05, 4.69) is 5.32 Å². The molecule has 1 fully saturated rings. The molecule has 0 radical (unpaired) electrons. The Bertz CT molecular complexity index is 2080. The van der Waals surface area contributed by atoms with Gasteiger partial charge in [-0.05, 0) is 43.7 Å². The summed E-state index contributed by atoms with van der Waals surface area (Å²) >= 11 is 0. The number of benzene rings is 3. The molecule has 1 aliphatic heterocycles. The minimum atomic E-state index is -4.93. The van der Waals surface area contributed by atoms with Gasteiger partial charge in [0.2, 0.25) is 0 Å². The van der Waals surface area contributed by atoms with Crippen LogP contribution in [0.4, 0.5) is 27.6 Å². The molecule has 4 N–H and O–H groups in total. The number of aromatic nitrogens is 2. The first-order valence-electron chi connectivity index (χ1n) is 16.9. The molecule has 1 aliphatic rings. The van der Waals surface area contributed by atoms with E-state index in [0.29, 0.717) is 18.7 Å². The Balaban J connectivity index is 1.54. The molecule has 1 saturated heterocycles. The maximum absolute atomic E-state index is 15.1. The van der Waals surface area contributed by atoms with Gasteiger partial charge in [-0.15, -0.1) is 0 Å². The van der Waals surface area contributed by atoms with Gasteiger partial charge in [0.25, 0.3) is 11.5 Å². The zero-order valence-corrected chi connectivity index (χ0v) is 28.8. The lowest BCUT2D eigenvalue weighted by Crippen LogP contribution is -2.51. The van der Waals surface area contributed by atoms with E-state index in [1.807, 2.05) is 4.90 Å². The molecule has 0 saturated carbocycles. The van der Waals surface area contributed by atoms with Crippen LogP contribution in [0.3, 0.4) is 0 Å². The number of carbonyl (C=O) groups excluding carboxylic acids is 1. The van der Waals surface area contributed by atoms with Crippen LogP contribution in [0.2, 0.25) is 0 Å². The maximum atomic E-state index is 15.1. The highest BCUT2D eigenvalue weighted by Crippen LogP contribution is 2.34. The van der Waals surface area contributed by atoms with Crippen molar-refractivity contribution in [3.8, 4) is 0 Å². The average molecular weight is 743 g/mol. The molecule has 1 aromatic heterocycles. The molecule has 5 rings (SSSR count). The fourth-order valence-corrected chi connectivity index (χ4v) is 6.58. The largest absolute Gasteiger partial charge is 0.481 e. The Hall–Kier alpha value is -5.35. The average Bonchev–Trinajstić information content (AvgIpc) is 3.11. The standard InChI is InChI=1S/C37H39F5N6O5/c1-23-33(46-18-16-45(17-19-46)20-25-10-5-11-26(32(25)39)34(43)51)35(52)48(22-30(24-8-3-2-4-9-24)44-15-7-14-31(49)50)36(53)47(23)21-27-28(37(40,41)42)12-6-13-29(27)38/h2-6,8-13,30,44H,7,14-22H2,1H3,(H2,43,51)(H,49,50)/t30-/m0/s1. The lowest BCUT2D eigenvalue weighted by molar-refractivity contribution is -0.138. The number of carboxylic acid groups (broad SMARTS) is 1. The van der Waals surface area contributed by atoms with Crippen LogP contribution in [0.25, 0.3) is 0 Å². The van der Waals surface area contributed by atoms with Gasteiger partial charge < -0.3 is 21.1 Å². The molecule has 3 aromatic carbocycles. The van der Waals surface area contributed by atoms with Gasteiger partial charge in [-0.2, -0.15) is 13.2 Å². The van der Waals surface area contributed by atoms with Gasteiger partial charge in [0.05, 0.1) is 30.3 Å². The van der Waals surface area contributed by atoms with Crippen molar-refractivity contribution in [3.63, 3.8) is 0 Å². The summed E-state index contributed by atoms with van der Waals surface area (Å²) in [7, 11) is 0. The third-order valence-electron chi connectivity index (χ3n) is 9.35. The van der Waals surface area contributed by atoms with Crippen LogP contribution in [0.1, 0.15) is 57.2 Å². The monoisotopic (exact) mass is 742 g/mol. The van der Waals surface area contributed by atoms with Gasteiger partial charge >= 0.3 is 17.8 Å². The zero-order valence-electron chi connectivity index (χ0n) is 28.8. The zero-order chi connectivity index (χ0) is 38.4. The third-order valence-corrected chi connectivity index (χ3v) is 9.35. The number of alkyl halides is 3. The molecule has 4 aromatic rings. The van der Waals surface area contributed by atoms with Crippen molar-refractivity contribution >= 4 is 17.6 Å². The van der Waals surface area contributed by atoms with E-state index in [9.17, 15) is 36.7 Å². The summed E-state index contributed by atoms with van der Waals surface area (Å²) in [5, 5.41) is 12.3. The molecule has 11 nitrogen and oxygen atoms in total. The van der Waals surface area contributed by atoms with Gasteiger partial charge in [-0.1, -0.05) is 48.5 Å². The third kappa shape index (κ3) is 9.00. The molecule has 0 bridgehead atoms. The van der Waals surface area contributed by atoms with Crippen molar-refractivity contribution in [1.29, 1.82) is 0 Å². The Labute approximate surface area is 301 Å². The Morgan fingerprint density at radius 2 is 1.58 bits per heavy atom. The molecule has 16 heteroatoms. The number of nitrogens with one attached hydrogen (secondary N) is 1. The number of nitrogens with two attached hydrogens (primary N) is 1. The highest BCUT2D eigenvalue weighted by Gasteiger charge is 2.35. The normalized spacial score (nSPS) is 14.3. The Kier molecular flexibility index (Phi) is 12.1. The first kappa shape index (κ1) is 38.9. The van der Waals surface area contributed by atoms with E-state index >= 15 is 4.39 Å². The summed E-state index contributed by atoms with van der Waals surface area (Å²) in [6.45, 7) is 1.68. The summed E-state index contributed by atoms with van der Waals surface area (Å²) in [4.78, 5) is 54.9. The van der Waals surface area contributed by atoms with Gasteiger partial charge in [-0.25, -0.2) is 13.6 Å². The summed E-state index contributed by atoms with van der Waals surface area (Å²) < 4.78 is 74.2. The number of carbonyl (C=O) groups is 2. The van der Waals surface area contributed by atoms with E-state index in [4.69, 9.17) is 10.8 Å². The van der Waals surface area contributed by atoms with E-state index in [1.165, 1.54) is 25.1 Å². The van der Waals surface area contributed by atoms with Crippen LogP contribution < -0.4 is 27.2 Å². The molecule has 1 atom stereocenters. The van der Waals surface area contributed by atoms with Crippen LogP contribution >= 0.6 is 0 Å². The van der Waals surface area contributed by atoms with E-state index < -0.39 is 64.6 Å². The highest BCUT2D eigenvalue weighted by atomic mass is 19.4. The van der Waals surface area contributed by atoms with Gasteiger partial charge in [0.15, 0.2) is 0 Å². The van der Waals surface area contributed by atoms with Crippen molar-refractivity contribution in [3.05, 3.63) is 133 Å². The molecule has 53 heavy (non-hydrogen) atoms. The van der Waals surface area contributed by atoms with Crippen molar-refractivity contribution in [2.45, 2.75) is 51.6 Å². The fourth-order valence-electron chi connectivity index (χ4n) is 6.58. The molecule has 1 amide bonds. The first-order chi connectivity index (χ1) is 25.2. The number of carboxylic acids is 1. The molecular formula is C37H39F5N6O5. The van der Waals surface area contributed by atoms with Crippen LogP contribution in [0, 0.1) is 18.6 Å². The van der Waals surface area contributed by atoms with Crippen LogP contribution in [-0.2, 0) is 30.6 Å². The van der Waals surface area contributed by atoms with Crippen molar-refractivity contribution in [1.82, 2.24) is 19.4 Å². The summed E-state index contributed by atoms with van der Waals surface area (Å²) in [5.41, 5.74) is 2.34. The van der Waals surface area contributed by atoms with Crippen molar-refractivity contribution in [2.75, 3.05) is 37.6 Å². The number of nitrogens with zero attached hydrogens (tertiary/aromatic N) is 4. The number of piperazine rings is 1. The number of aliphatic carboxylic acids is 1. The Morgan fingerprint density at radius 1 is 0.906 bits per heavy atom. The molecule has 2 heterocycles. The van der Waals surface area contributed by atoms with Gasteiger partial charge in [-0.3, -0.25) is 28.4 Å². The van der Waals surface area contributed by atoms with E-state index in [0.717, 1.165) is 27.3 Å².